The van der Waals surface area contributed by atoms with Gasteiger partial charge in [-0.15, -0.1) is 0 Å². The number of hydrogen-bond donors (Lipinski definition) is 1. The van der Waals surface area contributed by atoms with Crippen LogP contribution in [0.2, 0.25) is 20.1 Å². The molecule has 2 aromatic carbocycles. The molecule has 1 N–H and O–H groups in total. The van der Waals surface area contributed by atoms with Gasteiger partial charge in [-0.1, -0.05) is 66.3 Å². The van der Waals surface area contributed by atoms with Crippen LogP contribution in [0.1, 0.15) is 45.1 Å². The fraction of sp³-hybridized carbons (Fsp3) is 0.440. The summed E-state index contributed by atoms with van der Waals surface area (Å²) in [5.74, 6) is -0.568. The van der Waals surface area contributed by atoms with Crippen LogP contribution in [0.4, 0.5) is 5.69 Å². The van der Waals surface area contributed by atoms with Gasteiger partial charge in [-0.2, -0.15) is 0 Å². The Morgan fingerprint density at radius 1 is 0.973 bits per heavy atom. The molecule has 0 aliphatic carbocycles. The summed E-state index contributed by atoms with van der Waals surface area (Å²) >= 11 is 24.7. The van der Waals surface area contributed by atoms with E-state index in [0.29, 0.717) is 33.6 Å². The third kappa shape index (κ3) is 9.21. The van der Waals surface area contributed by atoms with Crippen molar-refractivity contribution in [3.63, 3.8) is 0 Å². The summed E-state index contributed by atoms with van der Waals surface area (Å²) in [7, 11) is -3.71. The van der Waals surface area contributed by atoms with Crippen molar-refractivity contribution in [1.82, 2.24) is 10.2 Å². The number of rotatable bonds is 13. The second kappa shape index (κ2) is 14.4. The molecule has 0 spiro atoms. The topological polar surface area (TPSA) is 86.8 Å². The van der Waals surface area contributed by atoms with Crippen molar-refractivity contribution >= 4 is 73.9 Å². The largest absolute Gasteiger partial charge is 0.354 e. The lowest BCUT2D eigenvalue weighted by Crippen LogP contribution is -2.49. The molecule has 0 unspecified atom stereocenters. The Hall–Kier alpha value is -1.71. The maximum atomic E-state index is 13.5. The Balaban J connectivity index is 2.27. The zero-order valence-electron chi connectivity index (χ0n) is 20.9. The molecular formula is C25H31Cl4N3O4S. The summed E-state index contributed by atoms with van der Waals surface area (Å²) in [4.78, 5) is 27.8. The minimum Gasteiger partial charge on any atom is -0.354 e. The first-order valence-corrected chi connectivity index (χ1v) is 15.2. The molecule has 2 aromatic rings. The molecule has 0 aromatic heterocycles. The molecule has 2 rings (SSSR count). The molecule has 0 fully saturated rings. The lowest BCUT2D eigenvalue weighted by molar-refractivity contribution is -0.141. The summed E-state index contributed by atoms with van der Waals surface area (Å²) in [5.41, 5.74) is 0.879. The van der Waals surface area contributed by atoms with Crippen LogP contribution in [-0.2, 0) is 26.2 Å². The first kappa shape index (κ1) is 31.5. The van der Waals surface area contributed by atoms with E-state index < -0.39 is 16.1 Å². The standard InChI is InChI=1S/C25H31Cl4N3O4S/c1-4-12-30-25(34)22(5-2)31(16-17-8-9-18(26)14-21(17)29)24(33)7-6-13-32(37(3,35)36)23-15-19(27)10-11-20(23)28/h8-11,14-15,22H,4-7,12-13,16H2,1-3H3,(H,30,34)/t22-/m0/s1. The Bertz CT molecular complexity index is 1210. The number of hydrogen-bond acceptors (Lipinski definition) is 4. The smallest absolute Gasteiger partial charge is 0.242 e. The number of nitrogens with zero attached hydrogens (tertiary/aromatic N) is 2. The molecule has 2 amide bonds. The van der Waals surface area contributed by atoms with Gasteiger partial charge < -0.3 is 10.2 Å². The molecule has 1 atom stereocenters. The first-order valence-electron chi connectivity index (χ1n) is 11.8. The van der Waals surface area contributed by atoms with Gasteiger partial charge in [0.15, 0.2) is 0 Å². The van der Waals surface area contributed by atoms with Gasteiger partial charge in [0.1, 0.15) is 6.04 Å². The molecular weight excluding hydrogens is 580 g/mol. The maximum Gasteiger partial charge on any atom is 0.242 e. The van der Waals surface area contributed by atoms with E-state index in [1.165, 1.54) is 17.0 Å². The summed E-state index contributed by atoms with van der Waals surface area (Å²) in [6, 6.07) is 8.78. The monoisotopic (exact) mass is 609 g/mol. The SMILES string of the molecule is CCCNC(=O)[C@H](CC)N(Cc1ccc(Cl)cc1Cl)C(=O)CCCN(c1cc(Cl)ccc1Cl)S(C)(=O)=O. The number of carbonyl (C=O) groups is 2. The van der Waals surface area contributed by atoms with Crippen molar-refractivity contribution in [2.75, 3.05) is 23.7 Å². The summed E-state index contributed by atoms with van der Waals surface area (Å²) < 4.78 is 26.1. The number of amides is 2. The number of anilines is 1. The van der Waals surface area contributed by atoms with Crippen LogP contribution in [0, 0.1) is 0 Å². The van der Waals surface area contributed by atoms with Crippen LogP contribution in [0.15, 0.2) is 36.4 Å². The summed E-state index contributed by atoms with van der Waals surface area (Å²) in [5, 5.41) is 4.25. The van der Waals surface area contributed by atoms with Crippen molar-refractivity contribution in [3.05, 3.63) is 62.1 Å². The lowest BCUT2D eigenvalue weighted by atomic mass is 10.1. The van der Waals surface area contributed by atoms with Crippen molar-refractivity contribution in [1.29, 1.82) is 0 Å². The minimum absolute atomic E-state index is 0.000993. The highest BCUT2D eigenvalue weighted by atomic mass is 35.5. The van der Waals surface area contributed by atoms with Crippen LogP contribution in [0.5, 0.6) is 0 Å². The van der Waals surface area contributed by atoms with Crippen LogP contribution < -0.4 is 9.62 Å². The first-order chi connectivity index (χ1) is 17.4. The minimum atomic E-state index is -3.71. The maximum absolute atomic E-state index is 13.5. The lowest BCUT2D eigenvalue weighted by Gasteiger charge is -2.31. The Labute approximate surface area is 239 Å². The molecule has 204 valence electrons. The Morgan fingerprint density at radius 3 is 2.22 bits per heavy atom. The number of halogens is 4. The molecule has 0 aliphatic heterocycles. The fourth-order valence-electron chi connectivity index (χ4n) is 3.78. The fourth-order valence-corrected chi connectivity index (χ4v) is 5.65. The Morgan fingerprint density at radius 2 is 1.62 bits per heavy atom. The van der Waals surface area contributed by atoms with Crippen molar-refractivity contribution in [3.8, 4) is 0 Å². The number of nitrogens with one attached hydrogen (secondary N) is 1. The molecule has 12 heteroatoms. The van der Waals surface area contributed by atoms with Gasteiger partial charge in [0, 0.05) is 41.1 Å². The van der Waals surface area contributed by atoms with E-state index in [-0.39, 0.29) is 48.5 Å². The van der Waals surface area contributed by atoms with E-state index >= 15 is 0 Å². The predicted octanol–water partition coefficient (Wildman–Crippen LogP) is 6.18. The average molecular weight is 611 g/mol. The quantitative estimate of drug-likeness (QED) is 0.293. The van der Waals surface area contributed by atoms with Crippen molar-refractivity contribution < 1.29 is 18.0 Å². The van der Waals surface area contributed by atoms with Gasteiger partial charge in [0.05, 0.1) is 17.0 Å². The number of carbonyl (C=O) groups excluding carboxylic acids is 2. The van der Waals surface area contributed by atoms with Crippen molar-refractivity contribution in [2.24, 2.45) is 0 Å². The third-order valence-electron chi connectivity index (χ3n) is 5.62. The van der Waals surface area contributed by atoms with Crippen LogP contribution in [0.3, 0.4) is 0 Å². The van der Waals surface area contributed by atoms with E-state index in [2.05, 4.69) is 5.32 Å². The second-order valence-corrected chi connectivity index (χ2v) is 12.1. The van der Waals surface area contributed by atoms with E-state index in [4.69, 9.17) is 46.4 Å². The zero-order valence-corrected chi connectivity index (χ0v) is 24.8. The van der Waals surface area contributed by atoms with E-state index in [1.54, 1.807) is 24.3 Å². The third-order valence-corrected chi connectivity index (χ3v) is 7.94. The molecule has 0 saturated heterocycles. The second-order valence-electron chi connectivity index (χ2n) is 8.51. The summed E-state index contributed by atoms with van der Waals surface area (Å²) in [6.45, 7) is 4.36. The molecule has 0 saturated carbocycles. The van der Waals surface area contributed by atoms with E-state index in [0.717, 1.165) is 17.0 Å². The molecule has 0 radical (unpaired) electrons. The molecule has 0 aliphatic rings. The zero-order chi connectivity index (χ0) is 27.8. The number of benzene rings is 2. The molecule has 37 heavy (non-hydrogen) atoms. The normalized spacial score (nSPS) is 12.2. The van der Waals surface area contributed by atoms with Crippen molar-refractivity contribution in [2.45, 2.75) is 52.1 Å². The van der Waals surface area contributed by atoms with Gasteiger partial charge >= 0.3 is 0 Å². The highest BCUT2D eigenvalue weighted by molar-refractivity contribution is 7.92. The predicted molar refractivity (Wildman–Crippen MR) is 152 cm³/mol. The molecule has 0 bridgehead atoms. The van der Waals surface area contributed by atoms with Gasteiger partial charge in [-0.25, -0.2) is 8.42 Å². The van der Waals surface area contributed by atoms with Gasteiger partial charge in [0.25, 0.3) is 0 Å². The average Bonchev–Trinajstić information content (AvgIpc) is 2.82. The van der Waals surface area contributed by atoms with E-state index in [9.17, 15) is 18.0 Å². The highest BCUT2D eigenvalue weighted by Crippen LogP contribution is 2.31. The van der Waals surface area contributed by atoms with E-state index in [1.807, 2.05) is 13.8 Å². The summed E-state index contributed by atoms with van der Waals surface area (Å²) in [6.07, 6.45) is 2.39. The van der Waals surface area contributed by atoms with Gasteiger partial charge in [-0.05, 0) is 55.2 Å². The van der Waals surface area contributed by atoms with Crippen LogP contribution >= 0.6 is 46.4 Å². The number of sulfonamides is 1. The van der Waals surface area contributed by atoms with Gasteiger partial charge in [0.2, 0.25) is 21.8 Å². The van der Waals surface area contributed by atoms with Gasteiger partial charge in [-0.3, -0.25) is 13.9 Å². The van der Waals surface area contributed by atoms with Crippen LogP contribution in [0.25, 0.3) is 0 Å². The molecule has 7 nitrogen and oxygen atoms in total. The Kier molecular flexibility index (Phi) is 12.3. The van der Waals surface area contributed by atoms with Crippen LogP contribution in [-0.4, -0.2) is 50.5 Å². The molecule has 0 heterocycles. The highest BCUT2D eigenvalue weighted by Gasteiger charge is 2.29.